The monoisotopic (exact) mass is 167 g/mol. The molecule has 0 aliphatic heterocycles. The quantitative estimate of drug-likeness (QED) is 0.745. The fraction of sp³-hybridized carbons (Fsp3) is 0.444. The number of carboxylic acids is 1. The summed E-state index contributed by atoms with van der Waals surface area (Å²) in [6.07, 6.45) is 3.76. The van der Waals surface area contributed by atoms with Gasteiger partial charge in [-0.1, -0.05) is 0 Å². The highest BCUT2D eigenvalue weighted by molar-refractivity contribution is 5.70. The smallest absolute Gasteiger partial charge is 0.308 e. The molecule has 0 spiro atoms. The third kappa shape index (κ3) is 1.67. The Bertz CT molecular complexity index is 254. The lowest BCUT2D eigenvalue weighted by molar-refractivity contribution is -0.142. The number of hydrogen-bond acceptors (Lipinski definition) is 1. The van der Waals surface area contributed by atoms with E-state index in [4.69, 9.17) is 5.11 Å². The molecule has 3 nitrogen and oxygen atoms in total. The van der Waals surface area contributed by atoms with Crippen LogP contribution in [0.4, 0.5) is 0 Å². The second kappa shape index (κ2) is 3.43. The first-order valence-corrected chi connectivity index (χ1v) is 3.98. The van der Waals surface area contributed by atoms with Crippen LogP contribution in [-0.4, -0.2) is 15.6 Å². The molecule has 0 saturated carbocycles. The minimum atomic E-state index is -0.754. The predicted molar refractivity (Wildman–Crippen MR) is 45.9 cm³/mol. The van der Waals surface area contributed by atoms with Crippen LogP contribution >= 0.6 is 0 Å². The number of aromatic nitrogens is 1. The van der Waals surface area contributed by atoms with E-state index in [1.54, 1.807) is 6.92 Å². The van der Waals surface area contributed by atoms with Gasteiger partial charge in [0.05, 0.1) is 5.92 Å². The van der Waals surface area contributed by atoms with E-state index < -0.39 is 5.97 Å². The van der Waals surface area contributed by atoms with E-state index in [9.17, 15) is 4.79 Å². The molecular weight excluding hydrogens is 154 g/mol. The normalized spacial score (nSPS) is 15.5. The van der Waals surface area contributed by atoms with Crippen molar-refractivity contribution in [1.29, 1.82) is 0 Å². The van der Waals surface area contributed by atoms with Crippen LogP contribution in [0.25, 0.3) is 0 Å². The Kier molecular flexibility index (Phi) is 2.53. The Balaban J connectivity index is 2.71. The van der Waals surface area contributed by atoms with Crippen LogP contribution < -0.4 is 0 Å². The molecule has 66 valence electrons. The molecule has 3 heteroatoms. The van der Waals surface area contributed by atoms with Gasteiger partial charge in [0.2, 0.25) is 0 Å². The molecule has 0 aromatic carbocycles. The van der Waals surface area contributed by atoms with Crippen LogP contribution in [0.15, 0.2) is 24.5 Å². The highest BCUT2D eigenvalue weighted by Gasteiger charge is 2.19. The van der Waals surface area contributed by atoms with Gasteiger partial charge in [-0.25, -0.2) is 0 Å². The van der Waals surface area contributed by atoms with Crippen molar-refractivity contribution in [3.8, 4) is 0 Å². The summed E-state index contributed by atoms with van der Waals surface area (Å²) in [7, 11) is 0. The molecule has 1 aromatic heterocycles. The summed E-state index contributed by atoms with van der Waals surface area (Å²) in [5.74, 6) is -1.10. The Labute approximate surface area is 71.6 Å². The van der Waals surface area contributed by atoms with Crippen LogP contribution in [0.3, 0.4) is 0 Å². The van der Waals surface area contributed by atoms with Crippen molar-refractivity contribution < 1.29 is 9.90 Å². The molecule has 2 unspecified atom stereocenters. The Hall–Kier alpha value is -1.25. The molecule has 1 heterocycles. The third-order valence-corrected chi connectivity index (χ3v) is 2.21. The number of aliphatic carboxylic acids is 1. The third-order valence-electron chi connectivity index (χ3n) is 2.21. The maximum absolute atomic E-state index is 10.6. The molecule has 2 atom stereocenters. The maximum Gasteiger partial charge on any atom is 0.308 e. The van der Waals surface area contributed by atoms with Gasteiger partial charge in [0.15, 0.2) is 0 Å². The van der Waals surface area contributed by atoms with Crippen LogP contribution in [0.1, 0.15) is 19.9 Å². The average Bonchev–Trinajstić information content (AvgIpc) is 2.53. The van der Waals surface area contributed by atoms with E-state index in [2.05, 4.69) is 0 Å². The second-order valence-corrected chi connectivity index (χ2v) is 3.00. The predicted octanol–water partition coefficient (Wildman–Crippen LogP) is 1.77. The first-order chi connectivity index (χ1) is 5.63. The van der Waals surface area contributed by atoms with Crippen molar-refractivity contribution in [3.63, 3.8) is 0 Å². The average molecular weight is 167 g/mol. The highest BCUT2D eigenvalue weighted by atomic mass is 16.4. The molecule has 1 N–H and O–H groups in total. The summed E-state index contributed by atoms with van der Waals surface area (Å²) in [5.41, 5.74) is 0. The summed E-state index contributed by atoms with van der Waals surface area (Å²) >= 11 is 0. The summed E-state index contributed by atoms with van der Waals surface area (Å²) < 4.78 is 1.90. The standard InChI is InChI=1S/C9H13NO2/c1-7(9(11)12)8(2)10-5-3-4-6-10/h3-8H,1-2H3,(H,11,12). The molecule has 0 aliphatic rings. The zero-order valence-electron chi connectivity index (χ0n) is 7.27. The van der Waals surface area contributed by atoms with Gasteiger partial charge in [0, 0.05) is 18.4 Å². The Morgan fingerprint density at radius 3 is 2.25 bits per heavy atom. The van der Waals surface area contributed by atoms with Gasteiger partial charge >= 0.3 is 5.97 Å². The van der Waals surface area contributed by atoms with Gasteiger partial charge in [0.1, 0.15) is 0 Å². The van der Waals surface area contributed by atoms with Crippen molar-refractivity contribution >= 4 is 5.97 Å². The molecule has 0 fully saturated rings. The van der Waals surface area contributed by atoms with Crippen LogP contribution in [0, 0.1) is 5.92 Å². The molecule has 1 aromatic rings. The van der Waals surface area contributed by atoms with E-state index in [0.717, 1.165) is 0 Å². The minimum Gasteiger partial charge on any atom is -0.481 e. The topological polar surface area (TPSA) is 42.2 Å². The van der Waals surface area contributed by atoms with E-state index in [1.165, 1.54) is 0 Å². The molecule has 0 aliphatic carbocycles. The summed E-state index contributed by atoms with van der Waals surface area (Å²) in [4.78, 5) is 10.6. The lowest BCUT2D eigenvalue weighted by atomic mass is 10.0. The minimum absolute atomic E-state index is 0.0116. The van der Waals surface area contributed by atoms with Crippen molar-refractivity contribution in [2.75, 3.05) is 0 Å². The molecule has 1 rings (SSSR count). The van der Waals surface area contributed by atoms with E-state index >= 15 is 0 Å². The zero-order valence-corrected chi connectivity index (χ0v) is 7.27. The molecule has 0 saturated heterocycles. The number of carbonyl (C=O) groups is 1. The van der Waals surface area contributed by atoms with Crippen molar-refractivity contribution in [3.05, 3.63) is 24.5 Å². The van der Waals surface area contributed by atoms with Crippen molar-refractivity contribution in [2.24, 2.45) is 5.92 Å². The fourth-order valence-corrected chi connectivity index (χ4v) is 1.08. The summed E-state index contributed by atoms with van der Waals surface area (Å²) in [6, 6.07) is 3.80. The number of hydrogen-bond donors (Lipinski definition) is 1. The van der Waals surface area contributed by atoms with Crippen LogP contribution in [0.2, 0.25) is 0 Å². The maximum atomic E-state index is 10.6. The van der Waals surface area contributed by atoms with Crippen molar-refractivity contribution in [2.45, 2.75) is 19.9 Å². The lowest BCUT2D eigenvalue weighted by Gasteiger charge is -2.17. The SMILES string of the molecule is CC(C(=O)O)C(C)n1cccc1. The first kappa shape index (κ1) is 8.84. The second-order valence-electron chi connectivity index (χ2n) is 3.00. The molecule has 0 amide bonds. The number of rotatable bonds is 3. The number of nitrogens with zero attached hydrogens (tertiary/aromatic N) is 1. The van der Waals surface area contributed by atoms with Gasteiger partial charge in [0.25, 0.3) is 0 Å². The van der Waals surface area contributed by atoms with Gasteiger partial charge in [-0.3, -0.25) is 4.79 Å². The van der Waals surface area contributed by atoms with E-state index in [-0.39, 0.29) is 12.0 Å². The van der Waals surface area contributed by atoms with Gasteiger partial charge in [-0.2, -0.15) is 0 Å². The van der Waals surface area contributed by atoms with E-state index in [0.29, 0.717) is 0 Å². The lowest BCUT2D eigenvalue weighted by Crippen LogP contribution is -2.20. The highest BCUT2D eigenvalue weighted by Crippen LogP contribution is 2.16. The summed E-state index contributed by atoms with van der Waals surface area (Å²) in [5, 5.41) is 8.74. The number of carboxylic acid groups (broad SMARTS) is 1. The summed E-state index contributed by atoms with van der Waals surface area (Å²) in [6.45, 7) is 3.62. The van der Waals surface area contributed by atoms with Crippen molar-refractivity contribution in [1.82, 2.24) is 4.57 Å². The largest absolute Gasteiger partial charge is 0.481 e. The van der Waals surface area contributed by atoms with Crippen LogP contribution in [-0.2, 0) is 4.79 Å². The van der Waals surface area contributed by atoms with Gasteiger partial charge in [-0.15, -0.1) is 0 Å². The molecule has 0 radical (unpaired) electrons. The Morgan fingerprint density at radius 2 is 1.83 bits per heavy atom. The fourth-order valence-electron chi connectivity index (χ4n) is 1.08. The Morgan fingerprint density at radius 1 is 1.33 bits per heavy atom. The first-order valence-electron chi connectivity index (χ1n) is 3.98. The molecule has 12 heavy (non-hydrogen) atoms. The van der Waals surface area contributed by atoms with Gasteiger partial charge < -0.3 is 9.67 Å². The van der Waals surface area contributed by atoms with Crippen LogP contribution in [0.5, 0.6) is 0 Å². The molecule has 0 bridgehead atoms. The zero-order chi connectivity index (χ0) is 9.14. The van der Waals surface area contributed by atoms with E-state index in [1.807, 2.05) is 36.0 Å². The molecular formula is C9H13NO2. The van der Waals surface area contributed by atoms with Gasteiger partial charge in [-0.05, 0) is 26.0 Å².